The van der Waals surface area contributed by atoms with Crippen LogP contribution in [-0.4, -0.2) is 19.4 Å². The second kappa shape index (κ2) is 5.10. The zero-order chi connectivity index (χ0) is 13.0. The number of nitrogens with zero attached hydrogens (tertiary/aromatic N) is 3. The summed E-state index contributed by atoms with van der Waals surface area (Å²) >= 11 is 0. The van der Waals surface area contributed by atoms with Crippen LogP contribution in [-0.2, 0) is 10.2 Å². The zero-order valence-electron chi connectivity index (χ0n) is 10.3. The van der Waals surface area contributed by atoms with E-state index in [1.165, 1.54) is 0 Å². The van der Waals surface area contributed by atoms with Gasteiger partial charge in [0.05, 0.1) is 12.5 Å². The second-order valence-electron chi connectivity index (χ2n) is 4.48. The number of methoxy groups -OCH3 is 1. The van der Waals surface area contributed by atoms with Crippen LogP contribution in [0.3, 0.4) is 0 Å². The summed E-state index contributed by atoms with van der Waals surface area (Å²) in [4.78, 5) is 14.9. The maximum absolute atomic E-state index is 12.1. The molecule has 0 N–H and O–H groups in total. The molecule has 18 heavy (non-hydrogen) atoms. The summed E-state index contributed by atoms with van der Waals surface area (Å²) in [6.45, 7) is 0.203. The van der Waals surface area contributed by atoms with Crippen molar-refractivity contribution in [1.82, 2.24) is 0 Å². The molecule has 0 saturated heterocycles. The molecule has 1 fully saturated rings. The van der Waals surface area contributed by atoms with E-state index in [2.05, 4.69) is 10.0 Å². The minimum Gasteiger partial charge on any atom is -0.497 e. The van der Waals surface area contributed by atoms with E-state index in [1.807, 2.05) is 24.3 Å². The third kappa shape index (κ3) is 2.05. The van der Waals surface area contributed by atoms with Gasteiger partial charge in [0.15, 0.2) is 0 Å². The number of ether oxygens (including phenoxy) is 1. The lowest BCUT2D eigenvalue weighted by molar-refractivity contribution is -0.121. The Hall–Kier alpha value is -2.00. The molecule has 94 valence electrons. The molecule has 1 saturated carbocycles. The number of benzene rings is 1. The molecule has 1 aromatic rings. The molecular weight excluding hydrogens is 230 g/mol. The van der Waals surface area contributed by atoms with Gasteiger partial charge in [0.25, 0.3) is 0 Å². The van der Waals surface area contributed by atoms with Crippen LogP contribution in [0.4, 0.5) is 0 Å². The highest BCUT2D eigenvalue weighted by Crippen LogP contribution is 2.39. The first-order valence-electron chi connectivity index (χ1n) is 5.91. The Morgan fingerprint density at radius 2 is 2.17 bits per heavy atom. The van der Waals surface area contributed by atoms with E-state index in [0.717, 1.165) is 24.2 Å². The average molecular weight is 245 g/mol. The number of hydrogen-bond donors (Lipinski definition) is 0. The summed E-state index contributed by atoms with van der Waals surface area (Å²) < 4.78 is 5.11. The minimum absolute atomic E-state index is 0.167. The van der Waals surface area contributed by atoms with Crippen molar-refractivity contribution in [3.05, 3.63) is 40.3 Å². The Balaban J connectivity index is 2.39. The molecule has 0 spiro atoms. The number of carbonyl (C=O) groups excluding carboxylic acids is 1. The molecule has 1 atom stereocenters. The lowest BCUT2D eigenvalue weighted by Gasteiger charge is -2.26. The van der Waals surface area contributed by atoms with Gasteiger partial charge in [-0.3, -0.25) is 4.79 Å². The fourth-order valence-corrected chi connectivity index (χ4v) is 2.56. The van der Waals surface area contributed by atoms with E-state index in [9.17, 15) is 4.79 Å². The van der Waals surface area contributed by atoms with Gasteiger partial charge in [-0.2, -0.15) is 0 Å². The van der Waals surface area contributed by atoms with E-state index < -0.39 is 5.41 Å². The van der Waals surface area contributed by atoms with Gasteiger partial charge < -0.3 is 4.74 Å². The van der Waals surface area contributed by atoms with Crippen molar-refractivity contribution >= 4 is 5.78 Å². The van der Waals surface area contributed by atoms with Gasteiger partial charge >= 0.3 is 0 Å². The molecule has 5 heteroatoms. The predicted molar refractivity (Wildman–Crippen MR) is 67.5 cm³/mol. The Morgan fingerprint density at radius 3 is 2.67 bits per heavy atom. The van der Waals surface area contributed by atoms with Crippen molar-refractivity contribution in [2.75, 3.05) is 13.7 Å². The predicted octanol–water partition coefficient (Wildman–Crippen LogP) is 3.00. The third-order valence-corrected chi connectivity index (χ3v) is 3.59. The van der Waals surface area contributed by atoms with Gasteiger partial charge in [-0.25, -0.2) is 0 Å². The van der Waals surface area contributed by atoms with E-state index in [0.29, 0.717) is 6.42 Å². The van der Waals surface area contributed by atoms with Crippen molar-refractivity contribution in [3.8, 4) is 5.75 Å². The first kappa shape index (κ1) is 12.5. The molecule has 5 nitrogen and oxygen atoms in total. The van der Waals surface area contributed by atoms with Gasteiger partial charge in [0.1, 0.15) is 11.5 Å². The fourth-order valence-electron chi connectivity index (χ4n) is 2.56. The maximum atomic E-state index is 12.1. The molecule has 1 aromatic carbocycles. The minimum atomic E-state index is -0.626. The summed E-state index contributed by atoms with van der Waals surface area (Å²) in [5.74, 6) is 0.920. The van der Waals surface area contributed by atoms with Crippen LogP contribution in [0.25, 0.3) is 10.4 Å². The van der Waals surface area contributed by atoms with Gasteiger partial charge in [-0.05, 0) is 36.1 Å². The number of Topliss-reactive ketones (excluding diaryl/α,β-unsaturated/α-hetero) is 1. The second-order valence-corrected chi connectivity index (χ2v) is 4.48. The number of rotatable bonds is 4. The topological polar surface area (TPSA) is 75.1 Å². The Bertz CT molecular complexity index is 491. The first-order chi connectivity index (χ1) is 8.73. The SMILES string of the molecule is COc1ccc(C2(CN=[N+]=[N-])CCCC2=O)cc1. The molecule has 1 unspecified atom stereocenters. The Labute approximate surface area is 105 Å². The molecule has 1 aliphatic rings. The van der Waals surface area contributed by atoms with E-state index >= 15 is 0 Å². The summed E-state index contributed by atoms with van der Waals surface area (Å²) in [6, 6.07) is 7.43. The third-order valence-electron chi connectivity index (χ3n) is 3.59. The Kier molecular flexibility index (Phi) is 3.53. The van der Waals surface area contributed by atoms with E-state index in [4.69, 9.17) is 10.3 Å². The number of ketones is 1. The van der Waals surface area contributed by atoms with Crippen molar-refractivity contribution in [3.63, 3.8) is 0 Å². The molecule has 2 rings (SSSR count). The quantitative estimate of drug-likeness (QED) is 0.464. The molecular formula is C13H15N3O2. The van der Waals surface area contributed by atoms with Crippen LogP contribution in [0, 0.1) is 0 Å². The number of hydrogen-bond acceptors (Lipinski definition) is 3. The van der Waals surface area contributed by atoms with Gasteiger partial charge in [-0.1, -0.05) is 17.2 Å². The molecule has 0 heterocycles. The molecule has 1 aliphatic carbocycles. The smallest absolute Gasteiger partial charge is 0.143 e. The standard InChI is InChI=1S/C13H15N3O2/c1-18-11-6-4-10(5-7-11)13(9-15-16-14)8-2-3-12(13)17/h4-7H,2-3,8-9H2,1H3. The monoisotopic (exact) mass is 245 g/mol. The zero-order valence-corrected chi connectivity index (χ0v) is 10.3. The maximum Gasteiger partial charge on any atom is 0.143 e. The normalized spacial score (nSPS) is 22.6. The summed E-state index contributed by atoms with van der Waals surface area (Å²) in [5, 5.41) is 3.62. The average Bonchev–Trinajstić information content (AvgIpc) is 2.79. The van der Waals surface area contributed by atoms with Gasteiger partial charge in [0.2, 0.25) is 0 Å². The molecule has 0 bridgehead atoms. The lowest BCUT2D eigenvalue weighted by Crippen LogP contribution is -2.34. The van der Waals surface area contributed by atoms with Crippen LogP contribution in [0.1, 0.15) is 24.8 Å². The van der Waals surface area contributed by atoms with Crippen molar-refractivity contribution in [2.24, 2.45) is 5.11 Å². The van der Waals surface area contributed by atoms with Crippen LogP contribution in [0.5, 0.6) is 5.75 Å². The highest BCUT2D eigenvalue weighted by Gasteiger charge is 2.42. The summed E-state index contributed by atoms with van der Waals surface area (Å²) in [6.07, 6.45) is 2.16. The number of carbonyl (C=O) groups is 1. The summed E-state index contributed by atoms with van der Waals surface area (Å²) in [5.41, 5.74) is 8.77. The van der Waals surface area contributed by atoms with Crippen LogP contribution in [0.2, 0.25) is 0 Å². The molecule has 0 amide bonds. The molecule has 0 aromatic heterocycles. The number of azide groups is 1. The lowest BCUT2D eigenvalue weighted by atomic mass is 9.78. The molecule has 0 radical (unpaired) electrons. The molecule has 0 aliphatic heterocycles. The van der Waals surface area contributed by atoms with Gasteiger partial charge in [-0.15, -0.1) is 0 Å². The highest BCUT2D eigenvalue weighted by molar-refractivity contribution is 5.92. The summed E-state index contributed by atoms with van der Waals surface area (Å²) in [7, 11) is 1.60. The first-order valence-corrected chi connectivity index (χ1v) is 5.91. The van der Waals surface area contributed by atoms with Crippen LogP contribution < -0.4 is 4.74 Å². The fraction of sp³-hybridized carbons (Fsp3) is 0.462. The Morgan fingerprint density at radius 1 is 1.44 bits per heavy atom. The van der Waals surface area contributed by atoms with Crippen LogP contribution >= 0.6 is 0 Å². The highest BCUT2D eigenvalue weighted by atomic mass is 16.5. The van der Waals surface area contributed by atoms with E-state index in [1.54, 1.807) is 7.11 Å². The largest absolute Gasteiger partial charge is 0.497 e. The van der Waals surface area contributed by atoms with Crippen molar-refractivity contribution in [1.29, 1.82) is 0 Å². The van der Waals surface area contributed by atoms with Crippen molar-refractivity contribution in [2.45, 2.75) is 24.7 Å². The van der Waals surface area contributed by atoms with Crippen LogP contribution in [0.15, 0.2) is 29.4 Å². The van der Waals surface area contributed by atoms with Gasteiger partial charge in [0, 0.05) is 17.9 Å². The van der Waals surface area contributed by atoms with E-state index in [-0.39, 0.29) is 12.3 Å². The van der Waals surface area contributed by atoms with Crippen molar-refractivity contribution < 1.29 is 9.53 Å².